The van der Waals surface area contributed by atoms with E-state index >= 15 is 0 Å². The molecular formula is C16H19ClN4O3S. The van der Waals surface area contributed by atoms with Crippen molar-refractivity contribution in [1.29, 1.82) is 0 Å². The number of urea groups is 1. The second-order valence-electron chi connectivity index (χ2n) is 5.49. The van der Waals surface area contributed by atoms with Gasteiger partial charge < -0.3 is 15.4 Å². The van der Waals surface area contributed by atoms with Crippen molar-refractivity contribution in [2.75, 3.05) is 11.9 Å². The Bertz CT molecular complexity index is 764. The summed E-state index contributed by atoms with van der Waals surface area (Å²) in [5.74, 6) is -0.471. The molecule has 1 aromatic carbocycles. The zero-order valence-electron chi connectivity index (χ0n) is 14.1. The number of nitrogens with zero attached hydrogens (tertiary/aromatic N) is 2. The molecule has 0 unspecified atom stereocenters. The van der Waals surface area contributed by atoms with Crippen molar-refractivity contribution in [2.45, 2.75) is 33.3 Å². The second-order valence-corrected chi connectivity index (χ2v) is 7.17. The Morgan fingerprint density at radius 2 is 2.08 bits per heavy atom. The van der Waals surface area contributed by atoms with E-state index in [1.165, 1.54) is 23.5 Å². The molecule has 2 rings (SSSR count). The van der Waals surface area contributed by atoms with Crippen LogP contribution in [0.2, 0.25) is 5.02 Å². The molecular weight excluding hydrogens is 364 g/mol. The van der Waals surface area contributed by atoms with Gasteiger partial charge in [0.2, 0.25) is 0 Å². The molecule has 0 saturated heterocycles. The normalized spacial score (nSPS) is 10.6. The molecule has 1 aromatic heterocycles. The number of aromatic nitrogens is 2. The Hall–Kier alpha value is -2.19. The van der Waals surface area contributed by atoms with Crippen molar-refractivity contribution < 1.29 is 14.3 Å². The molecule has 9 heteroatoms. The van der Waals surface area contributed by atoms with Gasteiger partial charge in [0.1, 0.15) is 10.0 Å². The number of nitrogens with one attached hydrogen (secondary N) is 2. The number of esters is 1. The number of anilines is 1. The van der Waals surface area contributed by atoms with E-state index in [2.05, 4.69) is 20.8 Å². The highest BCUT2D eigenvalue weighted by atomic mass is 35.5. The van der Waals surface area contributed by atoms with Crippen LogP contribution in [-0.2, 0) is 11.2 Å². The summed E-state index contributed by atoms with van der Waals surface area (Å²) in [7, 11) is 0. The summed E-state index contributed by atoms with van der Waals surface area (Å²) in [6.07, 6.45) is 0.361. The van der Waals surface area contributed by atoms with Gasteiger partial charge in [-0.05, 0) is 39.0 Å². The highest BCUT2D eigenvalue weighted by Gasteiger charge is 2.13. The minimum Gasteiger partial charge on any atom is -0.459 e. The molecule has 0 aliphatic rings. The molecule has 0 aliphatic carbocycles. The number of benzene rings is 1. The van der Waals surface area contributed by atoms with Crippen LogP contribution in [0.4, 0.5) is 10.5 Å². The lowest BCUT2D eigenvalue weighted by molar-refractivity contribution is 0.0378. The topological polar surface area (TPSA) is 93.2 Å². The van der Waals surface area contributed by atoms with Gasteiger partial charge in [-0.1, -0.05) is 11.6 Å². The summed E-state index contributed by atoms with van der Waals surface area (Å²) in [4.78, 5) is 23.9. The predicted octanol–water partition coefficient (Wildman–Crippen LogP) is 3.43. The van der Waals surface area contributed by atoms with E-state index in [0.29, 0.717) is 29.2 Å². The van der Waals surface area contributed by atoms with Crippen molar-refractivity contribution in [3.8, 4) is 0 Å². The zero-order chi connectivity index (χ0) is 18.4. The largest absolute Gasteiger partial charge is 0.459 e. The molecule has 1 heterocycles. The molecule has 0 fully saturated rings. The van der Waals surface area contributed by atoms with E-state index in [1.807, 2.05) is 6.92 Å². The number of hydrogen-bond donors (Lipinski definition) is 2. The lowest BCUT2D eigenvalue weighted by Gasteiger charge is -2.11. The highest BCUT2D eigenvalue weighted by Crippen LogP contribution is 2.23. The molecule has 0 atom stereocenters. The zero-order valence-corrected chi connectivity index (χ0v) is 15.7. The van der Waals surface area contributed by atoms with Crippen LogP contribution in [0.1, 0.15) is 34.2 Å². The summed E-state index contributed by atoms with van der Waals surface area (Å²) >= 11 is 7.56. The van der Waals surface area contributed by atoms with E-state index in [1.54, 1.807) is 19.9 Å². The van der Waals surface area contributed by atoms with Crippen molar-refractivity contribution in [2.24, 2.45) is 0 Å². The van der Waals surface area contributed by atoms with Crippen LogP contribution < -0.4 is 10.6 Å². The van der Waals surface area contributed by atoms with Crippen LogP contribution in [0.15, 0.2) is 18.2 Å². The maximum Gasteiger partial charge on any atom is 0.338 e. The number of halogens is 1. The molecule has 0 saturated carbocycles. The van der Waals surface area contributed by atoms with Crippen LogP contribution in [-0.4, -0.2) is 34.8 Å². The van der Waals surface area contributed by atoms with Gasteiger partial charge in [-0.25, -0.2) is 9.59 Å². The molecule has 2 amide bonds. The first-order valence-electron chi connectivity index (χ1n) is 7.69. The van der Waals surface area contributed by atoms with Crippen LogP contribution in [0.5, 0.6) is 0 Å². The molecule has 0 radical (unpaired) electrons. The summed E-state index contributed by atoms with van der Waals surface area (Å²) in [5, 5.41) is 15.3. The van der Waals surface area contributed by atoms with Gasteiger partial charge in [0.15, 0.2) is 0 Å². The lowest BCUT2D eigenvalue weighted by atomic mass is 10.2. The van der Waals surface area contributed by atoms with Crippen LogP contribution in [0.3, 0.4) is 0 Å². The SMILES string of the molecule is Cc1nnc(CCNC(=O)Nc2cc(C(=O)OC(C)C)ccc2Cl)s1. The van der Waals surface area contributed by atoms with Crippen molar-refractivity contribution in [3.63, 3.8) is 0 Å². The van der Waals surface area contributed by atoms with Gasteiger partial charge in [0.25, 0.3) is 0 Å². The van der Waals surface area contributed by atoms with E-state index in [9.17, 15) is 9.59 Å². The van der Waals surface area contributed by atoms with E-state index in [4.69, 9.17) is 16.3 Å². The number of aryl methyl sites for hydroxylation is 1. The van der Waals surface area contributed by atoms with Gasteiger partial charge in [0, 0.05) is 13.0 Å². The number of hydrogen-bond acceptors (Lipinski definition) is 6. The van der Waals surface area contributed by atoms with Gasteiger partial charge in [-0.15, -0.1) is 21.5 Å². The van der Waals surface area contributed by atoms with Crippen molar-refractivity contribution in [1.82, 2.24) is 15.5 Å². The van der Waals surface area contributed by atoms with Crippen LogP contribution in [0, 0.1) is 6.92 Å². The fraction of sp³-hybridized carbons (Fsp3) is 0.375. The third-order valence-corrected chi connectivity index (χ3v) is 4.21. The van der Waals surface area contributed by atoms with Crippen LogP contribution in [0.25, 0.3) is 0 Å². The van der Waals surface area contributed by atoms with E-state index in [0.717, 1.165) is 10.0 Å². The monoisotopic (exact) mass is 382 g/mol. The maximum absolute atomic E-state index is 12.0. The van der Waals surface area contributed by atoms with Crippen molar-refractivity contribution in [3.05, 3.63) is 38.8 Å². The molecule has 7 nitrogen and oxygen atoms in total. The summed E-state index contributed by atoms with van der Waals surface area (Å²) in [6, 6.07) is 4.16. The first-order valence-corrected chi connectivity index (χ1v) is 8.89. The van der Waals surface area contributed by atoms with Gasteiger partial charge >= 0.3 is 12.0 Å². The number of rotatable bonds is 6. The number of ether oxygens (including phenoxy) is 1. The van der Waals surface area contributed by atoms with Crippen LogP contribution >= 0.6 is 22.9 Å². The van der Waals surface area contributed by atoms with Gasteiger partial charge in [-0.3, -0.25) is 0 Å². The number of amides is 2. The second kappa shape index (κ2) is 8.77. The standard InChI is InChI=1S/C16H19ClN4O3S/c1-9(2)24-15(22)11-4-5-12(17)13(8-11)19-16(23)18-7-6-14-21-20-10(3)25-14/h4-5,8-9H,6-7H2,1-3H3,(H2,18,19,23). The number of carbonyl (C=O) groups is 2. The third kappa shape index (κ3) is 5.99. The number of carbonyl (C=O) groups excluding carboxylic acids is 2. The fourth-order valence-electron chi connectivity index (χ4n) is 1.92. The Kier molecular flexibility index (Phi) is 6.72. The molecule has 0 spiro atoms. The highest BCUT2D eigenvalue weighted by molar-refractivity contribution is 7.11. The summed E-state index contributed by atoms with van der Waals surface area (Å²) < 4.78 is 5.13. The van der Waals surface area contributed by atoms with Gasteiger partial charge in [-0.2, -0.15) is 0 Å². The average Bonchev–Trinajstić information content (AvgIpc) is 2.94. The third-order valence-electron chi connectivity index (χ3n) is 2.99. The first-order chi connectivity index (χ1) is 11.8. The van der Waals surface area contributed by atoms with Gasteiger partial charge in [0.05, 0.1) is 22.4 Å². The van der Waals surface area contributed by atoms with E-state index in [-0.39, 0.29) is 6.10 Å². The molecule has 2 aromatic rings. The molecule has 0 bridgehead atoms. The Morgan fingerprint density at radius 3 is 2.72 bits per heavy atom. The fourth-order valence-corrected chi connectivity index (χ4v) is 2.79. The minimum absolute atomic E-state index is 0.230. The summed E-state index contributed by atoms with van der Waals surface area (Å²) in [5.41, 5.74) is 0.655. The first kappa shape index (κ1) is 19.1. The van der Waals surface area contributed by atoms with Crippen molar-refractivity contribution >= 4 is 40.6 Å². The maximum atomic E-state index is 12.0. The summed E-state index contributed by atoms with van der Waals surface area (Å²) in [6.45, 7) is 5.81. The lowest BCUT2D eigenvalue weighted by Crippen LogP contribution is -2.30. The predicted molar refractivity (Wildman–Crippen MR) is 97.4 cm³/mol. The minimum atomic E-state index is -0.471. The Labute approximate surface area is 154 Å². The molecule has 134 valence electrons. The molecule has 2 N–H and O–H groups in total. The van der Waals surface area contributed by atoms with E-state index < -0.39 is 12.0 Å². The molecule has 25 heavy (non-hydrogen) atoms. The molecule has 0 aliphatic heterocycles. The Balaban J connectivity index is 1.91. The average molecular weight is 383 g/mol. The smallest absolute Gasteiger partial charge is 0.338 e. The Morgan fingerprint density at radius 1 is 1.32 bits per heavy atom. The quantitative estimate of drug-likeness (QED) is 0.746.